The average molecular weight is 1130 g/mol. The number of allylic oxidation sites excluding steroid dienone is 20. The number of unbranched alkanes of at least 4 members (excludes halogenated alkanes) is 24. The molecule has 1 N–H and O–H groups in total. The summed E-state index contributed by atoms with van der Waals surface area (Å²) < 4.78 is 22.9. The Morgan fingerprint density at radius 1 is 0.383 bits per heavy atom. The van der Waals surface area contributed by atoms with Crippen LogP contribution in [0, 0.1) is 0 Å². The molecule has 0 aliphatic heterocycles. The van der Waals surface area contributed by atoms with E-state index in [1.54, 1.807) is 0 Å². The average Bonchev–Trinajstić information content (AvgIpc) is 3.44. The molecule has 0 aromatic rings. The highest BCUT2D eigenvalue weighted by Gasteiger charge is 2.25. The third-order valence-electron chi connectivity index (χ3n) is 13.7. The first-order chi connectivity index (χ1) is 39.6. The largest absolute Gasteiger partial charge is 0.477 e. The summed E-state index contributed by atoms with van der Waals surface area (Å²) in [6, 6.07) is 0. The number of carboxylic acids is 1. The van der Waals surface area contributed by atoms with E-state index in [0.29, 0.717) is 23.9 Å². The van der Waals surface area contributed by atoms with Crippen molar-refractivity contribution in [2.75, 3.05) is 47.5 Å². The third-order valence-corrected chi connectivity index (χ3v) is 13.7. The van der Waals surface area contributed by atoms with Crippen LogP contribution in [0.15, 0.2) is 122 Å². The molecule has 0 spiro atoms. The van der Waals surface area contributed by atoms with Gasteiger partial charge in [-0.2, -0.15) is 0 Å². The first-order valence-electron chi connectivity index (χ1n) is 32.7. The van der Waals surface area contributed by atoms with Crippen LogP contribution in [0.1, 0.15) is 258 Å². The second kappa shape index (κ2) is 61.8. The van der Waals surface area contributed by atoms with Crippen LogP contribution in [-0.2, 0) is 33.3 Å². The van der Waals surface area contributed by atoms with E-state index >= 15 is 0 Å². The summed E-state index contributed by atoms with van der Waals surface area (Å²) in [5.74, 6) is -2.02. The number of nitrogens with zero attached hydrogens (tertiary/aromatic N) is 1. The van der Waals surface area contributed by atoms with Gasteiger partial charge in [-0.05, 0) is 109 Å². The van der Waals surface area contributed by atoms with Gasteiger partial charge in [-0.1, -0.05) is 257 Å². The van der Waals surface area contributed by atoms with E-state index in [1.807, 2.05) is 21.1 Å². The van der Waals surface area contributed by atoms with Crippen LogP contribution in [0.5, 0.6) is 0 Å². The molecule has 0 saturated carbocycles. The minimum absolute atomic E-state index is 0.182. The molecular weight excluding hydrogens is 1010 g/mol. The molecule has 2 atom stereocenters. The number of carbonyl (C=O) groups is 3. The van der Waals surface area contributed by atoms with Gasteiger partial charge in [-0.15, -0.1) is 0 Å². The summed E-state index contributed by atoms with van der Waals surface area (Å²) in [6.07, 6.45) is 84.4. The van der Waals surface area contributed by atoms with Crippen LogP contribution >= 0.6 is 0 Å². The second-order valence-electron chi connectivity index (χ2n) is 22.7. The van der Waals surface area contributed by atoms with Crippen LogP contribution in [0.4, 0.5) is 0 Å². The highest BCUT2D eigenvalue weighted by atomic mass is 16.7. The molecule has 0 aliphatic rings. The molecule has 81 heavy (non-hydrogen) atoms. The Hall–Kier alpha value is -4.31. The Morgan fingerprint density at radius 3 is 1.06 bits per heavy atom. The van der Waals surface area contributed by atoms with E-state index in [1.165, 1.54) is 116 Å². The molecule has 0 rings (SSSR count). The zero-order chi connectivity index (χ0) is 59.1. The molecule has 9 nitrogen and oxygen atoms in total. The van der Waals surface area contributed by atoms with Gasteiger partial charge in [-0.25, -0.2) is 4.79 Å². The number of quaternary nitrogens is 1. The van der Waals surface area contributed by atoms with Gasteiger partial charge in [0.2, 0.25) is 0 Å². The van der Waals surface area contributed by atoms with Crippen molar-refractivity contribution in [3.63, 3.8) is 0 Å². The molecule has 0 fully saturated rings. The van der Waals surface area contributed by atoms with E-state index in [2.05, 4.69) is 135 Å². The summed E-state index contributed by atoms with van der Waals surface area (Å²) in [5, 5.41) is 9.72. The molecule has 462 valence electrons. The van der Waals surface area contributed by atoms with Gasteiger partial charge in [0.25, 0.3) is 6.29 Å². The smallest absolute Gasteiger partial charge is 0.361 e. The zero-order valence-electron chi connectivity index (χ0n) is 52.7. The summed E-state index contributed by atoms with van der Waals surface area (Å²) in [5.41, 5.74) is 0. The predicted octanol–water partition coefficient (Wildman–Crippen LogP) is 20.0. The Labute approximate surface area is 497 Å². The molecule has 0 amide bonds. The summed E-state index contributed by atoms with van der Waals surface area (Å²) in [7, 11) is 5.96. The molecule has 0 radical (unpaired) electrons. The van der Waals surface area contributed by atoms with Crippen molar-refractivity contribution in [2.45, 2.75) is 270 Å². The predicted molar refractivity (Wildman–Crippen MR) is 345 cm³/mol. The van der Waals surface area contributed by atoms with Crippen molar-refractivity contribution in [1.82, 2.24) is 0 Å². The minimum atomic E-state index is -1.52. The Kier molecular flexibility index (Phi) is 58.5. The standard InChI is InChI=1S/C72H121NO8/c1-6-8-10-12-14-16-18-20-22-24-25-26-27-28-29-30-31-32-33-34-35-36-37-38-39-40-41-42-43-44-45-47-49-51-53-55-57-59-61-63-70(75)81-68(67-80-72(71(76)77)78-65-64-73(3,4)5)66-79-69(74)62-60-58-56-54-52-50-48-46-23-21-19-17-15-13-11-9-7-2/h8,10,14,16,20-23,25-26,28-29,31-32,34-35,37-38,40-41,68,72H,6-7,9,11-13,15,17-19,24,27,30,33,36,39,42-67H2,1-5H3/p+1/b10-8-,16-14-,22-20-,23-21-,26-25-,29-28-,32-31-,35-34-,38-37-,41-40-. The lowest BCUT2D eigenvalue weighted by Gasteiger charge is -2.25. The molecule has 0 aliphatic carbocycles. The second-order valence-corrected chi connectivity index (χ2v) is 22.7. The zero-order valence-corrected chi connectivity index (χ0v) is 52.7. The fraction of sp³-hybridized carbons (Fsp3) is 0.681. The van der Waals surface area contributed by atoms with E-state index in [9.17, 15) is 19.5 Å². The number of likely N-dealkylation sites (N-methyl/N-ethyl adjacent to an activating group) is 1. The monoisotopic (exact) mass is 1130 g/mol. The van der Waals surface area contributed by atoms with Crippen molar-refractivity contribution in [2.24, 2.45) is 0 Å². The van der Waals surface area contributed by atoms with Gasteiger partial charge in [0.15, 0.2) is 6.10 Å². The maximum atomic E-state index is 12.9. The number of carboxylic acid groups (broad SMARTS) is 1. The first-order valence-corrected chi connectivity index (χ1v) is 32.7. The molecule has 0 heterocycles. The summed E-state index contributed by atoms with van der Waals surface area (Å²) in [6.45, 7) is 4.75. The Bertz CT molecular complexity index is 1740. The number of ether oxygens (including phenoxy) is 4. The number of hydrogen-bond donors (Lipinski definition) is 1. The van der Waals surface area contributed by atoms with Crippen LogP contribution in [0.25, 0.3) is 0 Å². The molecule has 0 bridgehead atoms. The van der Waals surface area contributed by atoms with Gasteiger partial charge in [-0.3, -0.25) is 9.59 Å². The summed E-state index contributed by atoms with van der Waals surface area (Å²) >= 11 is 0. The lowest BCUT2D eigenvalue weighted by molar-refractivity contribution is -0.870. The number of hydrogen-bond acceptors (Lipinski definition) is 7. The van der Waals surface area contributed by atoms with Crippen molar-refractivity contribution in [3.8, 4) is 0 Å². The lowest BCUT2D eigenvalue weighted by Crippen LogP contribution is -2.40. The van der Waals surface area contributed by atoms with Gasteiger partial charge >= 0.3 is 17.9 Å². The molecule has 0 aromatic carbocycles. The van der Waals surface area contributed by atoms with Crippen LogP contribution in [-0.4, -0.2) is 87.4 Å². The highest BCUT2D eigenvalue weighted by molar-refractivity contribution is 5.71. The van der Waals surface area contributed by atoms with Gasteiger partial charge in [0.1, 0.15) is 13.2 Å². The third kappa shape index (κ3) is 63.1. The van der Waals surface area contributed by atoms with Crippen molar-refractivity contribution < 1.29 is 42.9 Å². The van der Waals surface area contributed by atoms with Crippen LogP contribution < -0.4 is 0 Å². The molecule has 0 saturated heterocycles. The topological polar surface area (TPSA) is 108 Å². The molecule has 9 heteroatoms. The highest BCUT2D eigenvalue weighted by Crippen LogP contribution is 2.16. The minimum Gasteiger partial charge on any atom is -0.477 e. The fourth-order valence-electron chi connectivity index (χ4n) is 8.71. The normalized spacial score (nSPS) is 13.5. The van der Waals surface area contributed by atoms with Crippen LogP contribution in [0.3, 0.4) is 0 Å². The van der Waals surface area contributed by atoms with Crippen molar-refractivity contribution >= 4 is 17.9 Å². The lowest BCUT2D eigenvalue weighted by atomic mass is 10.0. The van der Waals surface area contributed by atoms with Crippen molar-refractivity contribution in [1.29, 1.82) is 0 Å². The molecule has 0 aromatic heterocycles. The Balaban J connectivity index is 4.14. The van der Waals surface area contributed by atoms with E-state index < -0.39 is 24.3 Å². The summed E-state index contributed by atoms with van der Waals surface area (Å²) in [4.78, 5) is 37.5. The van der Waals surface area contributed by atoms with Crippen molar-refractivity contribution in [3.05, 3.63) is 122 Å². The quantitative estimate of drug-likeness (QED) is 0.0211. The number of esters is 2. The van der Waals surface area contributed by atoms with E-state index in [4.69, 9.17) is 18.9 Å². The van der Waals surface area contributed by atoms with Crippen LogP contribution in [0.2, 0.25) is 0 Å². The number of rotatable bonds is 59. The number of aliphatic carboxylic acids is 1. The first kappa shape index (κ1) is 76.7. The maximum Gasteiger partial charge on any atom is 0.361 e. The van der Waals surface area contributed by atoms with Gasteiger partial charge in [0, 0.05) is 12.8 Å². The SMILES string of the molecule is CC/C=C\C/C=C\C/C=C\C/C=C\C/C=C\C/C=C\C/C=C\C/C=C\C/C=C\CCCCCCCCCCCCCC(=O)OC(COC(=O)CCCCCCCCC/C=C\CCCCCCCC)COC(OCC[N+](C)(C)C)C(=O)O. The van der Waals surface area contributed by atoms with E-state index in [0.717, 1.165) is 109 Å². The molecule has 2 unspecified atom stereocenters. The Morgan fingerprint density at radius 2 is 0.704 bits per heavy atom. The fourth-order valence-corrected chi connectivity index (χ4v) is 8.71. The van der Waals surface area contributed by atoms with E-state index in [-0.39, 0.29) is 32.2 Å². The van der Waals surface area contributed by atoms with Gasteiger partial charge in [0.05, 0.1) is 34.4 Å². The molecular formula is C72H122NO8+. The number of carbonyl (C=O) groups excluding carboxylic acids is 2. The maximum absolute atomic E-state index is 12.9. The van der Waals surface area contributed by atoms with Gasteiger partial charge < -0.3 is 28.5 Å².